The van der Waals surface area contributed by atoms with E-state index in [1.165, 1.54) is 186 Å². The maximum atomic E-state index is 13.5. The third-order valence-electron chi connectivity index (χ3n) is 13.7. The van der Waals surface area contributed by atoms with Crippen molar-refractivity contribution in [2.24, 2.45) is 0 Å². The second-order valence-corrected chi connectivity index (χ2v) is 19.9. The van der Waals surface area contributed by atoms with Crippen molar-refractivity contribution < 1.29 is 19.1 Å². The molecule has 0 saturated heterocycles. The van der Waals surface area contributed by atoms with Gasteiger partial charge in [0, 0.05) is 18.7 Å². The van der Waals surface area contributed by atoms with E-state index in [1.54, 1.807) is 0 Å². The molecule has 0 atom stereocenters. The SMILES string of the molecule is C=C(COc1ccc2cc(C(=O)NCCCCCCCCCCCCCCCCCC)ccc2c1)COc1cc2ccccc2cc1C(=O)NCCCCCCCCCCCCCCCCCC. The number of hydrogen-bond acceptors (Lipinski definition) is 4. The van der Waals surface area contributed by atoms with Gasteiger partial charge in [-0.15, -0.1) is 0 Å². The topological polar surface area (TPSA) is 76.7 Å². The summed E-state index contributed by atoms with van der Waals surface area (Å²) >= 11 is 0. The number of benzene rings is 4. The summed E-state index contributed by atoms with van der Waals surface area (Å²) in [6.45, 7) is 10.7. The van der Waals surface area contributed by atoms with Crippen LogP contribution in [0.1, 0.15) is 240 Å². The van der Waals surface area contributed by atoms with Crippen LogP contribution < -0.4 is 20.1 Å². The van der Waals surface area contributed by atoms with Crippen LogP contribution in [-0.4, -0.2) is 38.1 Å². The molecule has 0 aliphatic rings. The van der Waals surface area contributed by atoms with Crippen LogP contribution in [0.15, 0.2) is 84.9 Å². The Kier molecular flexibility index (Phi) is 30.3. The molecule has 4 aromatic rings. The Morgan fingerprint density at radius 2 is 0.794 bits per heavy atom. The van der Waals surface area contributed by atoms with Crippen molar-refractivity contribution in [1.82, 2.24) is 10.6 Å². The van der Waals surface area contributed by atoms with Crippen LogP contribution in [0.2, 0.25) is 0 Å². The zero-order valence-corrected chi connectivity index (χ0v) is 43.2. The number of carbonyl (C=O) groups is 2. The van der Waals surface area contributed by atoms with Crippen LogP contribution in [0, 0.1) is 0 Å². The molecule has 0 unspecified atom stereocenters. The van der Waals surface area contributed by atoms with Gasteiger partial charge in [0.1, 0.15) is 24.7 Å². The summed E-state index contributed by atoms with van der Waals surface area (Å²) in [6.07, 6.45) is 42.7. The molecule has 0 bridgehead atoms. The van der Waals surface area contributed by atoms with E-state index in [-0.39, 0.29) is 25.0 Å². The van der Waals surface area contributed by atoms with Crippen molar-refractivity contribution in [2.75, 3.05) is 26.3 Å². The minimum atomic E-state index is -0.110. The summed E-state index contributed by atoms with van der Waals surface area (Å²) in [4.78, 5) is 26.5. The van der Waals surface area contributed by atoms with E-state index in [2.05, 4.69) is 31.1 Å². The summed E-state index contributed by atoms with van der Waals surface area (Å²) in [5.41, 5.74) is 1.97. The van der Waals surface area contributed by atoms with E-state index < -0.39 is 0 Å². The van der Waals surface area contributed by atoms with E-state index in [0.29, 0.717) is 30.0 Å². The molecule has 2 amide bonds. The van der Waals surface area contributed by atoms with Gasteiger partial charge in [-0.05, 0) is 76.4 Å². The first-order valence-electron chi connectivity index (χ1n) is 28.0. The van der Waals surface area contributed by atoms with Crippen molar-refractivity contribution >= 4 is 33.4 Å². The van der Waals surface area contributed by atoms with E-state index in [9.17, 15) is 9.59 Å². The lowest BCUT2D eigenvalue weighted by Gasteiger charge is -2.15. The maximum Gasteiger partial charge on any atom is 0.255 e. The Balaban J connectivity index is 1.07. The molecule has 0 heterocycles. The van der Waals surface area contributed by atoms with Crippen molar-refractivity contribution in [3.63, 3.8) is 0 Å². The summed E-state index contributed by atoms with van der Waals surface area (Å²) < 4.78 is 12.4. The van der Waals surface area contributed by atoms with E-state index >= 15 is 0 Å². The fraction of sp³-hybridized carbons (Fsp3) is 0.613. The first kappa shape index (κ1) is 56.3. The maximum absolute atomic E-state index is 13.5. The zero-order chi connectivity index (χ0) is 48.1. The van der Waals surface area contributed by atoms with Gasteiger partial charge in [0.15, 0.2) is 0 Å². The first-order valence-corrected chi connectivity index (χ1v) is 28.0. The van der Waals surface area contributed by atoms with Crippen molar-refractivity contribution in [3.05, 3.63) is 96.1 Å². The van der Waals surface area contributed by atoms with Crippen molar-refractivity contribution in [1.29, 1.82) is 0 Å². The van der Waals surface area contributed by atoms with Crippen LogP contribution in [0.25, 0.3) is 21.5 Å². The van der Waals surface area contributed by atoms with Crippen LogP contribution in [0.3, 0.4) is 0 Å². The van der Waals surface area contributed by atoms with Gasteiger partial charge < -0.3 is 20.1 Å². The predicted octanol–water partition coefficient (Wildman–Crippen LogP) is 18.0. The molecule has 376 valence electrons. The Morgan fingerprint density at radius 3 is 1.28 bits per heavy atom. The molecule has 4 rings (SSSR count). The molecule has 0 spiro atoms. The van der Waals surface area contributed by atoms with Gasteiger partial charge >= 0.3 is 0 Å². The Hall–Kier alpha value is -4.32. The minimum Gasteiger partial charge on any atom is -0.489 e. The smallest absolute Gasteiger partial charge is 0.255 e. The lowest BCUT2D eigenvalue weighted by molar-refractivity contribution is 0.0942. The van der Waals surface area contributed by atoms with Gasteiger partial charge in [0.2, 0.25) is 0 Å². The highest BCUT2D eigenvalue weighted by molar-refractivity contribution is 6.01. The average Bonchev–Trinajstić information content (AvgIpc) is 3.36. The van der Waals surface area contributed by atoms with Crippen LogP contribution in [0.4, 0.5) is 0 Å². The molecule has 4 aromatic carbocycles. The number of fused-ring (bicyclic) bond motifs is 2. The summed E-state index contributed by atoms with van der Waals surface area (Å²) in [7, 11) is 0. The molecule has 2 N–H and O–H groups in total. The van der Waals surface area contributed by atoms with Gasteiger partial charge in [0.05, 0.1) is 5.56 Å². The molecule has 0 aromatic heterocycles. The minimum absolute atomic E-state index is 0.0214. The van der Waals surface area contributed by atoms with Gasteiger partial charge in [-0.1, -0.05) is 249 Å². The third-order valence-corrected chi connectivity index (χ3v) is 13.7. The summed E-state index contributed by atoms with van der Waals surface area (Å²) in [5.74, 6) is 1.14. The largest absolute Gasteiger partial charge is 0.489 e. The van der Waals surface area contributed by atoms with Crippen LogP contribution in [-0.2, 0) is 0 Å². The third kappa shape index (κ3) is 24.3. The normalized spacial score (nSPS) is 11.3. The highest BCUT2D eigenvalue weighted by Gasteiger charge is 2.15. The number of ether oxygens (including phenoxy) is 2. The highest BCUT2D eigenvalue weighted by atomic mass is 16.5. The Labute approximate surface area is 414 Å². The van der Waals surface area contributed by atoms with E-state index in [4.69, 9.17) is 9.47 Å². The number of carbonyl (C=O) groups excluding carboxylic acids is 2. The monoisotopic (exact) mass is 931 g/mol. The number of rotatable bonds is 42. The predicted molar refractivity (Wildman–Crippen MR) is 292 cm³/mol. The van der Waals surface area contributed by atoms with Gasteiger partial charge in [-0.2, -0.15) is 0 Å². The van der Waals surface area contributed by atoms with Crippen LogP contribution >= 0.6 is 0 Å². The molecule has 0 aliphatic carbocycles. The molecular formula is C62H94N2O4. The van der Waals surface area contributed by atoms with Crippen LogP contribution in [0.5, 0.6) is 11.5 Å². The summed E-state index contributed by atoms with van der Waals surface area (Å²) in [5, 5.41) is 10.3. The second-order valence-electron chi connectivity index (χ2n) is 19.9. The standard InChI is InChI=1S/C62H94N2O4/c1-4-6-8-10-12-14-16-18-20-22-24-26-28-30-32-36-44-63-61(65)57-41-40-56-47-58(43-42-55(56)46-57)67-50-52(3)51-68-60-49-54-39-35-34-38-53(54)48-59(60)62(66)64-45-37-33-31-29-27-25-23-21-19-17-15-13-11-9-7-5-2/h34-35,38-43,46-49H,3-33,36-37,44-45,50-51H2,1-2H3,(H,63,65)(H,64,66). The molecule has 0 saturated carbocycles. The molecular weight excluding hydrogens is 837 g/mol. The highest BCUT2D eigenvalue weighted by Crippen LogP contribution is 2.28. The number of unbranched alkanes of at least 4 members (excludes halogenated alkanes) is 30. The lowest BCUT2D eigenvalue weighted by Crippen LogP contribution is -2.25. The molecule has 6 nitrogen and oxygen atoms in total. The lowest BCUT2D eigenvalue weighted by atomic mass is 10.0. The Bertz CT molecular complexity index is 1970. The van der Waals surface area contributed by atoms with Crippen molar-refractivity contribution in [2.45, 2.75) is 219 Å². The molecule has 0 radical (unpaired) electrons. The number of amides is 2. The fourth-order valence-electron chi connectivity index (χ4n) is 9.33. The van der Waals surface area contributed by atoms with Gasteiger partial charge in [0.25, 0.3) is 11.8 Å². The Morgan fingerprint density at radius 1 is 0.412 bits per heavy atom. The van der Waals surface area contributed by atoms with E-state index in [1.807, 2.05) is 72.8 Å². The molecule has 0 aliphatic heterocycles. The first-order chi connectivity index (χ1) is 33.5. The van der Waals surface area contributed by atoms with Gasteiger partial charge in [-0.25, -0.2) is 0 Å². The number of nitrogens with one attached hydrogen (secondary N) is 2. The van der Waals surface area contributed by atoms with Crippen molar-refractivity contribution in [3.8, 4) is 11.5 Å². The van der Waals surface area contributed by atoms with Gasteiger partial charge in [-0.3, -0.25) is 9.59 Å². The van der Waals surface area contributed by atoms with E-state index in [0.717, 1.165) is 52.1 Å². The summed E-state index contributed by atoms with van der Waals surface area (Å²) in [6, 6.07) is 23.7. The molecule has 68 heavy (non-hydrogen) atoms. The average molecular weight is 931 g/mol. The zero-order valence-electron chi connectivity index (χ0n) is 43.2. The molecule has 0 fully saturated rings. The second kappa shape index (κ2) is 36.6. The molecule has 6 heteroatoms. The fourth-order valence-corrected chi connectivity index (χ4v) is 9.33. The number of hydrogen-bond donors (Lipinski definition) is 2. The quantitative estimate of drug-likeness (QED) is 0.0343.